The van der Waals surface area contributed by atoms with E-state index < -0.39 is 11.6 Å². The van der Waals surface area contributed by atoms with Crippen molar-refractivity contribution in [3.05, 3.63) is 12.7 Å². The highest BCUT2D eigenvalue weighted by atomic mass is 17.1. The minimum Gasteiger partial charge on any atom is -0.479 e. The molecule has 0 spiro atoms. The van der Waals surface area contributed by atoms with Crippen LogP contribution in [0.1, 0.15) is 6.92 Å². The molecule has 0 amide bonds. The van der Waals surface area contributed by atoms with Crippen molar-refractivity contribution in [1.29, 1.82) is 0 Å². The van der Waals surface area contributed by atoms with Crippen LogP contribution in [0.5, 0.6) is 0 Å². The maximum absolute atomic E-state index is 10.1. The molecule has 0 rings (SSSR count). The van der Waals surface area contributed by atoms with Gasteiger partial charge in [-0.2, -0.15) is 0 Å². The lowest BCUT2D eigenvalue weighted by Gasteiger charge is -2.14. The summed E-state index contributed by atoms with van der Waals surface area (Å²) < 4.78 is 0. The van der Waals surface area contributed by atoms with Gasteiger partial charge in [0.25, 0.3) is 0 Å². The molecule has 0 aromatic carbocycles. The molecule has 0 radical (unpaired) electrons. The SMILES string of the molecule is C=CC(C)(OO)C(=O)O. The summed E-state index contributed by atoms with van der Waals surface area (Å²) in [7, 11) is 0. The molecule has 1 atom stereocenters. The third-order valence-corrected chi connectivity index (χ3v) is 1.00. The van der Waals surface area contributed by atoms with Gasteiger partial charge in [-0.1, -0.05) is 6.58 Å². The number of hydrogen-bond acceptors (Lipinski definition) is 3. The molecule has 0 aliphatic rings. The fourth-order valence-electron chi connectivity index (χ4n) is 0.164. The Hall–Kier alpha value is -0.870. The molecule has 0 saturated heterocycles. The van der Waals surface area contributed by atoms with Gasteiger partial charge in [0.1, 0.15) is 0 Å². The summed E-state index contributed by atoms with van der Waals surface area (Å²) >= 11 is 0. The average molecular weight is 132 g/mol. The van der Waals surface area contributed by atoms with Gasteiger partial charge in [-0.15, -0.1) is 0 Å². The van der Waals surface area contributed by atoms with Crippen molar-refractivity contribution in [2.45, 2.75) is 12.5 Å². The standard InChI is InChI=1S/C5H8O4/c1-3-5(2,9-8)4(6)7/h3,8H,1H2,2H3,(H,6,7). The zero-order chi connectivity index (χ0) is 7.49. The fraction of sp³-hybridized carbons (Fsp3) is 0.400. The molecule has 0 heterocycles. The predicted octanol–water partition coefficient (Wildman–Crippen LogP) is 0.505. The van der Waals surface area contributed by atoms with E-state index in [1.807, 2.05) is 0 Å². The first-order valence-corrected chi connectivity index (χ1v) is 2.26. The van der Waals surface area contributed by atoms with Gasteiger partial charge in [0, 0.05) is 0 Å². The van der Waals surface area contributed by atoms with Crippen LogP contribution in [0.3, 0.4) is 0 Å². The van der Waals surface area contributed by atoms with Crippen LogP contribution in [0.15, 0.2) is 12.7 Å². The van der Waals surface area contributed by atoms with Crippen molar-refractivity contribution in [2.24, 2.45) is 0 Å². The molecule has 1 unspecified atom stereocenters. The molecule has 0 bridgehead atoms. The van der Waals surface area contributed by atoms with Crippen molar-refractivity contribution in [2.75, 3.05) is 0 Å². The Morgan fingerprint density at radius 3 is 2.33 bits per heavy atom. The summed E-state index contributed by atoms with van der Waals surface area (Å²) in [6, 6.07) is 0. The Bertz CT molecular complexity index is 131. The van der Waals surface area contributed by atoms with E-state index in [-0.39, 0.29) is 0 Å². The Labute approximate surface area is 52.3 Å². The summed E-state index contributed by atoms with van der Waals surface area (Å²) in [5, 5.41) is 16.3. The van der Waals surface area contributed by atoms with Crippen LogP contribution in [-0.4, -0.2) is 21.9 Å². The van der Waals surface area contributed by atoms with Gasteiger partial charge in [-0.25, -0.2) is 9.68 Å². The van der Waals surface area contributed by atoms with Crippen molar-refractivity contribution < 1.29 is 20.0 Å². The molecule has 0 aromatic rings. The Morgan fingerprint density at radius 1 is 1.89 bits per heavy atom. The molecule has 2 N–H and O–H groups in total. The van der Waals surface area contributed by atoms with E-state index in [1.54, 1.807) is 0 Å². The summed E-state index contributed by atoms with van der Waals surface area (Å²) in [5.41, 5.74) is -1.68. The third-order valence-electron chi connectivity index (χ3n) is 1.00. The topological polar surface area (TPSA) is 66.8 Å². The van der Waals surface area contributed by atoms with Crippen LogP contribution in [0.2, 0.25) is 0 Å². The quantitative estimate of drug-likeness (QED) is 0.333. The van der Waals surface area contributed by atoms with E-state index in [9.17, 15) is 4.79 Å². The van der Waals surface area contributed by atoms with Gasteiger partial charge in [-0.05, 0) is 13.0 Å². The summed E-state index contributed by atoms with van der Waals surface area (Å²) in [4.78, 5) is 13.8. The van der Waals surface area contributed by atoms with Crippen LogP contribution in [0.25, 0.3) is 0 Å². The maximum Gasteiger partial charge on any atom is 0.343 e. The number of hydrogen-bond donors (Lipinski definition) is 2. The van der Waals surface area contributed by atoms with E-state index >= 15 is 0 Å². The molecule has 52 valence electrons. The van der Waals surface area contributed by atoms with Crippen LogP contribution >= 0.6 is 0 Å². The number of aliphatic carboxylic acids is 1. The monoisotopic (exact) mass is 132 g/mol. The van der Waals surface area contributed by atoms with Crippen molar-refractivity contribution >= 4 is 5.97 Å². The average Bonchev–Trinajstić information content (AvgIpc) is 1.86. The van der Waals surface area contributed by atoms with E-state index in [0.717, 1.165) is 6.08 Å². The van der Waals surface area contributed by atoms with Crippen molar-refractivity contribution in [1.82, 2.24) is 0 Å². The lowest BCUT2D eigenvalue weighted by molar-refractivity contribution is -0.297. The summed E-state index contributed by atoms with van der Waals surface area (Å²) in [6.07, 6.45) is 0.995. The lowest BCUT2D eigenvalue weighted by Crippen LogP contribution is -2.34. The van der Waals surface area contributed by atoms with Gasteiger partial charge in [0.15, 0.2) is 0 Å². The molecule has 9 heavy (non-hydrogen) atoms. The van der Waals surface area contributed by atoms with Gasteiger partial charge < -0.3 is 5.11 Å². The molecule has 0 aromatic heterocycles. The van der Waals surface area contributed by atoms with E-state index in [4.69, 9.17) is 10.4 Å². The Kier molecular flexibility index (Phi) is 2.36. The van der Waals surface area contributed by atoms with Crippen LogP contribution in [-0.2, 0) is 9.68 Å². The summed E-state index contributed by atoms with van der Waals surface area (Å²) in [6.45, 7) is 4.34. The first-order valence-electron chi connectivity index (χ1n) is 2.26. The minimum atomic E-state index is -1.68. The number of carboxylic acid groups (broad SMARTS) is 1. The second-order valence-electron chi connectivity index (χ2n) is 1.71. The van der Waals surface area contributed by atoms with E-state index in [2.05, 4.69) is 11.5 Å². The second-order valence-corrected chi connectivity index (χ2v) is 1.71. The first kappa shape index (κ1) is 8.13. The number of carboxylic acids is 1. The van der Waals surface area contributed by atoms with Gasteiger partial charge in [-0.3, -0.25) is 5.26 Å². The van der Waals surface area contributed by atoms with E-state index in [0.29, 0.717) is 0 Å². The maximum atomic E-state index is 10.1. The fourth-order valence-corrected chi connectivity index (χ4v) is 0.164. The van der Waals surface area contributed by atoms with Crippen LogP contribution < -0.4 is 0 Å². The summed E-state index contributed by atoms with van der Waals surface area (Å²) in [5.74, 6) is -1.28. The van der Waals surface area contributed by atoms with Gasteiger partial charge in [0.05, 0.1) is 0 Å². The zero-order valence-corrected chi connectivity index (χ0v) is 5.00. The number of carbonyl (C=O) groups is 1. The lowest BCUT2D eigenvalue weighted by atomic mass is 10.1. The molecule has 4 nitrogen and oxygen atoms in total. The highest BCUT2D eigenvalue weighted by Crippen LogP contribution is 2.08. The Balaban J connectivity index is 4.27. The van der Waals surface area contributed by atoms with Crippen molar-refractivity contribution in [3.8, 4) is 0 Å². The molecular weight excluding hydrogens is 124 g/mol. The number of rotatable bonds is 3. The van der Waals surface area contributed by atoms with Crippen molar-refractivity contribution in [3.63, 3.8) is 0 Å². The predicted molar refractivity (Wildman–Crippen MR) is 30.0 cm³/mol. The largest absolute Gasteiger partial charge is 0.479 e. The Morgan fingerprint density at radius 2 is 2.33 bits per heavy atom. The molecular formula is C5H8O4. The highest BCUT2D eigenvalue weighted by Gasteiger charge is 2.30. The third kappa shape index (κ3) is 1.51. The molecule has 0 aliphatic carbocycles. The first-order chi connectivity index (χ1) is 4.06. The van der Waals surface area contributed by atoms with Gasteiger partial charge in [0.2, 0.25) is 5.60 Å². The molecule has 0 saturated carbocycles. The molecule has 0 aliphatic heterocycles. The minimum absolute atomic E-state index is 0.995. The molecule has 4 heteroatoms. The van der Waals surface area contributed by atoms with Crippen LogP contribution in [0.4, 0.5) is 0 Å². The zero-order valence-electron chi connectivity index (χ0n) is 5.00. The smallest absolute Gasteiger partial charge is 0.343 e. The highest BCUT2D eigenvalue weighted by molar-refractivity contribution is 5.79. The van der Waals surface area contributed by atoms with Gasteiger partial charge >= 0.3 is 5.97 Å². The van der Waals surface area contributed by atoms with Crippen LogP contribution in [0, 0.1) is 0 Å². The second kappa shape index (κ2) is 2.61. The van der Waals surface area contributed by atoms with E-state index in [1.165, 1.54) is 6.92 Å². The normalized spacial score (nSPS) is 16.2. The molecule has 0 fully saturated rings.